The Labute approximate surface area is 214 Å². The van der Waals surface area contributed by atoms with Crippen LogP contribution in [0.1, 0.15) is 65.7 Å². The van der Waals surface area contributed by atoms with Crippen LogP contribution in [0.15, 0.2) is 35.1 Å². The normalized spacial score (nSPS) is 19.1. The van der Waals surface area contributed by atoms with Crippen molar-refractivity contribution < 1.29 is 14.3 Å². The van der Waals surface area contributed by atoms with Gasteiger partial charge in [-0.3, -0.25) is 14.4 Å². The zero-order valence-electron chi connectivity index (χ0n) is 22.1. The number of hydrogen-bond donors (Lipinski definition) is 0. The van der Waals surface area contributed by atoms with E-state index in [-0.39, 0.29) is 22.9 Å². The third-order valence-electron chi connectivity index (χ3n) is 8.15. The smallest absolute Gasteiger partial charge is 0.263 e. The highest BCUT2D eigenvalue weighted by Crippen LogP contribution is 2.39. The molecular formula is C29H39N3O4. The lowest BCUT2D eigenvalue weighted by molar-refractivity contribution is -0.144. The van der Waals surface area contributed by atoms with E-state index in [1.807, 2.05) is 45.2 Å². The Morgan fingerprint density at radius 3 is 2.42 bits per heavy atom. The topological polar surface area (TPSA) is 71.9 Å². The van der Waals surface area contributed by atoms with Gasteiger partial charge < -0.3 is 19.1 Å². The van der Waals surface area contributed by atoms with E-state index in [4.69, 9.17) is 4.74 Å². The minimum Gasteiger partial charge on any atom is -0.491 e. The molecule has 3 heterocycles. The van der Waals surface area contributed by atoms with Crippen molar-refractivity contribution in [2.24, 2.45) is 12.5 Å². The summed E-state index contributed by atoms with van der Waals surface area (Å²) in [6.07, 6.45) is 6.12. The first-order valence-corrected chi connectivity index (χ1v) is 13.2. The fourth-order valence-corrected chi connectivity index (χ4v) is 5.71. The highest BCUT2D eigenvalue weighted by atomic mass is 16.5. The van der Waals surface area contributed by atoms with Gasteiger partial charge in [-0.25, -0.2) is 0 Å². The maximum Gasteiger partial charge on any atom is 0.263 e. The van der Waals surface area contributed by atoms with Crippen molar-refractivity contribution in [2.45, 2.75) is 58.8 Å². The van der Waals surface area contributed by atoms with Gasteiger partial charge in [0.25, 0.3) is 11.5 Å². The predicted octanol–water partition coefficient (Wildman–Crippen LogP) is 3.88. The lowest BCUT2D eigenvalue weighted by Crippen LogP contribution is -2.51. The number of likely N-dealkylation sites (tertiary alicyclic amines) is 1. The van der Waals surface area contributed by atoms with Crippen molar-refractivity contribution >= 4 is 11.8 Å². The van der Waals surface area contributed by atoms with E-state index in [9.17, 15) is 14.4 Å². The molecule has 2 amide bonds. The molecule has 194 valence electrons. The molecule has 2 aliphatic heterocycles. The van der Waals surface area contributed by atoms with E-state index in [1.165, 1.54) is 10.1 Å². The second kappa shape index (κ2) is 10.9. The van der Waals surface area contributed by atoms with E-state index in [1.54, 1.807) is 16.8 Å². The van der Waals surface area contributed by atoms with Gasteiger partial charge in [-0.1, -0.05) is 31.0 Å². The molecule has 2 aliphatic rings. The molecule has 7 heteroatoms. The summed E-state index contributed by atoms with van der Waals surface area (Å²) in [6.45, 7) is 5.63. The molecule has 0 atom stereocenters. The fourth-order valence-electron chi connectivity index (χ4n) is 5.71. The molecule has 7 nitrogen and oxygen atoms in total. The Balaban J connectivity index is 1.48. The van der Waals surface area contributed by atoms with Gasteiger partial charge in [0.05, 0.1) is 12.0 Å². The van der Waals surface area contributed by atoms with Crippen LogP contribution in [0.2, 0.25) is 0 Å². The largest absolute Gasteiger partial charge is 0.491 e. The third-order valence-corrected chi connectivity index (χ3v) is 8.15. The van der Waals surface area contributed by atoms with Gasteiger partial charge in [0, 0.05) is 32.9 Å². The first-order valence-electron chi connectivity index (χ1n) is 13.2. The van der Waals surface area contributed by atoms with Gasteiger partial charge in [0.2, 0.25) is 5.91 Å². The van der Waals surface area contributed by atoms with Crippen molar-refractivity contribution in [3.63, 3.8) is 0 Å². The zero-order valence-corrected chi connectivity index (χ0v) is 22.1. The molecule has 1 saturated heterocycles. The van der Waals surface area contributed by atoms with Gasteiger partial charge >= 0.3 is 0 Å². The van der Waals surface area contributed by atoms with E-state index in [2.05, 4.69) is 6.07 Å². The number of aryl methyl sites for hydroxylation is 3. The van der Waals surface area contributed by atoms with Crippen LogP contribution in [-0.2, 0) is 18.3 Å². The molecule has 1 spiro atoms. The number of para-hydroxylation sites is 1. The summed E-state index contributed by atoms with van der Waals surface area (Å²) in [4.78, 5) is 43.5. The van der Waals surface area contributed by atoms with Crippen LogP contribution in [0.5, 0.6) is 5.75 Å². The maximum absolute atomic E-state index is 13.7. The minimum atomic E-state index is -0.473. The van der Waals surface area contributed by atoms with Crippen LogP contribution in [0.4, 0.5) is 0 Å². The molecule has 36 heavy (non-hydrogen) atoms. The molecule has 0 aliphatic carbocycles. The van der Waals surface area contributed by atoms with Crippen LogP contribution in [0, 0.1) is 19.3 Å². The summed E-state index contributed by atoms with van der Waals surface area (Å²) in [5.41, 5.74) is 2.28. The number of carbonyl (C=O) groups is 2. The number of pyridine rings is 1. The van der Waals surface area contributed by atoms with Crippen LogP contribution in [0.3, 0.4) is 0 Å². The van der Waals surface area contributed by atoms with Crippen molar-refractivity contribution in [2.75, 3.05) is 33.3 Å². The second-order valence-electron chi connectivity index (χ2n) is 10.5. The molecular weight excluding hydrogens is 454 g/mol. The number of aromatic nitrogens is 1. The average Bonchev–Trinajstić information content (AvgIpc) is 2.88. The summed E-state index contributed by atoms with van der Waals surface area (Å²) in [5.74, 6) is 0.837. The third kappa shape index (κ3) is 5.20. The molecule has 1 aromatic heterocycles. The van der Waals surface area contributed by atoms with Crippen molar-refractivity contribution in [1.82, 2.24) is 14.4 Å². The van der Waals surface area contributed by atoms with Crippen LogP contribution in [-0.4, -0.2) is 59.5 Å². The number of hydrogen-bond acceptors (Lipinski definition) is 4. The second-order valence-corrected chi connectivity index (χ2v) is 10.5. The Bertz CT molecular complexity index is 1180. The molecule has 0 N–H and O–H groups in total. The van der Waals surface area contributed by atoms with Gasteiger partial charge in [-0.2, -0.15) is 0 Å². The number of nitrogens with zero attached hydrogens (tertiary/aromatic N) is 3. The molecule has 0 radical (unpaired) electrons. The van der Waals surface area contributed by atoms with E-state index in [0.29, 0.717) is 44.6 Å². The van der Waals surface area contributed by atoms with Crippen molar-refractivity contribution in [3.8, 4) is 5.75 Å². The first kappa shape index (κ1) is 26.0. The molecule has 0 bridgehead atoms. The predicted molar refractivity (Wildman–Crippen MR) is 140 cm³/mol. The van der Waals surface area contributed by atoms with Gasteiger partial charge in [-0.15, -0.1) is 0 Å². The fraction of sp³-hybridized carbons (Fsp3) is 0.552. The van der Waals surface area contributed by atoms with Crippen LogP contribution in [0.25, 0.3) is 0 Å². The number of carbonyl (C=O) groups excluding carboxylic acids is 2. The number of piperidine rings is 1. The van der Waals surface area contributed by atoms with Gasteiger partial charge in [0.1, 0.15) is 17.9 Å². The first-order chi connectivity index (χ1) is 17.2. The molecule has 1 fully saturated rings. The van der Waals surface area contributed by atoms with Crippen LogP contribution >= 0.6 is 0 Å². The Morgan fingerprint density at radius 1 is 0.944 bits per heavy atom. The summed E-state index contributed by atoms with van der Waals surface area (Å²) in [6, 6.07) is 10.1. The van der Waals surface area contributed by atoms with Crippen molar-refractivity contribution in [1.29, 1.82) is 0 Å². The lowest BCUT2D eigenvalue weighted by Gasteiger charge is -2.42. The molecule has 2 aromatic rings. The van der Waals surface area contributed by atoms with E-state index in [0.717, 1.165) is 43.5 Å². The molecule has 0 saturated carbocycles. The summed E-state index contributed by atoms with van der Waals surface area (Å²) < 4.78 is 7.58. The monoisotopic (exact) mass is 493 g/mol. The number of benzene rings is 1. The van der Waals surface area contributed by atoms with E-state index >= 15 is 0 Å². The van der Waals surface area contributed by atoms with Crippen LogP contribution < -0.4 is 10.3 Å². The quantitative estimate of drug-likeness (QED) is 0.605. The molecule has 4 rings (SSSR count). The van der Waals surface area contributed by atoms with E-state index < -0.39 is 5.41 Å². The summed E-state index contributed by atoms with van der Waals surface area (Å²) in [5, 5.41) is 0. The Hall–Kier alpha value is -3.09. The average molecular weight is 494 g/mol. The lowest BCUT2D eigenvalue weighted by atomic mass is 9.73. The minimum absolute atomic E-state index is 0.146. The molecule has 0 unspecified atom stereocenters. The number of amides is 2. The summed E-state index contributed by atoms with van der Waals surface area (Å²) in [7, 11) is 3.55. The highest BCUT2D eigenvalue weighted by Gasteiger charge is 2.43. The van der Waals surface area contributed by atoms with Gasteiger partial charge in [-0.05, 0) is 69.2 Å². The maximum atomic E-state index is 13.7. The Kier molecular flexibility index (Phi) is 7.86. The SMILES string of the molecule is Cc1cc(C)n(C)c(=O)c1C(=O)N1CCC2(CCCCCc3ccccc3OCCN(C)C2=O)CC1. The highest BCUT2D eigenvalue weighted by molar-refractivity contribution is 5.95. The number of rotatable bonds is 1. The molecule has 1 aromatic carbocycles. The number of likely N-dealkylation sites (N-methyl/N-ethyl adjacent to an activating group) is 1. The number of fused-ring (bicyclic) bond motifs is 1. The zero-order chi connectivity index (χ0) is 25.9. The van der Waals surface area contributed by atoms with Gasteiger partial charge in [0.15, 0.2) is 0 Å². The summed E-state index contributed by atoms with van der Waals surface area (Å²) >= 11 is 0. The standard InChI is InChI=1S/C29H39N3O4/c1-21-20-22(2)31(4)26(33)25(21)27(34)32-16-14-29(15-17-32)13-9-5-6-10-23-11-7-8-12-24(23)36-19-18-30(3)28(29)35/h7-8,11-12,20H,5-6,9-10,13-19H2,1-4H3. The van der Waals surface area contributed by atoms with Crippen molar-refractivity contribution in [3.05, 3.63) is 63.1 Å². The number of ether oxygens (including phenoxy) is 1. The Morgan fingerprint density at radius 2 is 1.67 bits per heavy atom.